The van der Waals surface area contributed by atoms with Crippen molar-refractivity contribution in [1.82, 2.24) is 0 Å². The molecule has 0 bridgehead atoms. The molecule has 0 aliphatic heterocycles. The number of allylic oxidation sites excluding steroid dienone is 14. The molecule has 0 aliphatic rings. The number of hydrogen-bond acceptors (Lipinski definition) is 6. The maximum absolute atomic E-state index is 12.8. The van der Waals surface area contributed by atoms with Crippen LogP contribution in [0.25, 0.3) is 0 Å². The van der Waals surface area contributed by atoms with Gasteiger partial charge in [-0.05, 0) is 96.3 Å². The molecule has 1 atom stereocenters. The molecule has 0 aromatic heterocycles. The lowest BCUT2D eigenvalue weighted by molar-refractivity contribution is -0.166. The second-order valence-corrected chi connectivity index (χ2v) is 17.0. The van der Waals surface area contributed by atoms with Crippen LogP contribution in [0.3, 0.4) is 0 Å². The quantitative estimate of drug-likeness (QED) is 0.0262. The normalized spacial score (nSPS) is 12.7. The minimum atomic E-state index is -0.814. The summed E-state index contributed by atoms with van der Waals surface area (Å²) in [6.07, 6.45) is 65.8. The number of hydrogen-bond donors (Lipinski definition) is 0. The summed E-state index contributed by atoms with van der Waals surface area (Å²) in [7, 11) is 0. The van der Waals surface area contributed by atoms with E-state index in [0.29, 0.717) is 19.3 Å². The summed E-state index contributed by atoms with van der Waals surface area (Å²) in [6.45, 7) is 6.40. The Bertz CT molecular complexity index is 1240. The summed E-state index contributed by atoms with van der Waals surface area (Å²) >= 11 is 0. The van der Waals surface area contributed by atoms with Crippen LogP contribution in [-0.4, -0.2) is 37.2 Å². The molecule has 0 N–H and O–H groups in total. The van der Waals surface area contributed by atoms with Crippen LogP contribution in [0.2, 0.25) is 0 Å². The van der Waals surface area contributed by atoms with Gasteiger partial charge in [0, 0.05) is 19.3 Å². The average molecular weight is 877 g/mol. The standard InChI is InChI=1S/C57H96O6/c1-4-7-10-13-16-19-22-25-27-28-29-30-33-35-38-41-44-47-50-56(59)62-53-54(52-61-55(58)49-46-43-40-37-34-31-24-21-18-15-12-9-6-3)63-57(60)51-48-45-42-39-36-32-26-23-20-17-14-11-8-5-2/h9,12,14,17-18,21,23,26-28,31,34,40,43,54H,4-8,10-11,13,15-16,19-20,22,24-25,29-30,32-33,35-39,41-42,44-53H2,1-3H3/b12-9-,17-14-,21-18-,26-23-,28-27-,34-31-,43-40-. The fourth-order valence-electron chi connectivity index (χ4n) is 6.94. The van der Waals surface area contributed by atoms with Crippen molar-refractivity contribution in [3.8, 4) is 0 Å². The summed E-state index contributed by atoms with van der Waals surface area (Å²) in [5.74, 6) is -1.01. The van der Waals surface area contributed by atoms with E-state index < -0.39 is 6.10 Å². The van der Waals surface area contributed by atoms with Crippen LogP contribution in [-0.2, 0) is 28.6 Å². The van der Waals surface area contributed by atoms with E-state index in [-0.39, 0.29) is 37.5 Å². The van der Waals surface area contributed by atoms with E-state index in [1.165, 1.54) is 103 Å². The maximum Gasteiger partial charge on any atom is 0.306 e. The van der Waals surface area contributed by atoms with Gasteiger partial charge in [0.15, 0.2) is 6.10 Å². The molecule has 0 aliphatic carbocycles. The smallest absolute Gasteiger partial charge is 0.306 e. The molecule has 0 spiro atoms. The lowest BCUT2D eigenvalue weighted by atomic mass is 10.1. The zero-order valence-electron chi connectivity index (χ0n) is 41.1. The fraction of sp³-hybridized carbons (Fsp3) is 0.702. The van der Waals surface area contributed by atoms with E-state index in [1.807, 2.05) is 12.2 Å². The van der Waals surface area contributed by atoms with Crippen LogP contribution in [0.1, 0.15) is 239 Å². The third-order valence-corrected chi connectivity index (χ3v) is 10.9. The molecule has 0 saturated carbocycles. The van der Waals surface area contributed by atoms with Gasteiger partial charge in [-0.2, -0.15) is 0 Å². The largest absolute Gasteiger partial charge is 0.462 e. The van der Waals surface area contributed by atoms with Crippen molar-refractivity contribution in [2.24, 2.45) is 0 Å². The zero-order valence-corrected chi connectivity index (χ0v) is 41.1. The molecule has 63 heavy (non-hydrogen) atoms. The summed E-state index contributed by atoms with van der Waals surface area (Å²) in [5, 5.41) is 0. The molecule has 6 heteroatoms. The Morgan fingerprint density at radius 3 is 1.13 bits per heavy atom. The minimum Gasteiger partial charge on any atom is -0.462 e. The first-order valence-corrected chi connectivity index (χ1v) is 26.1. The molecule has 0 radical (unpaired) electrons. The van der Waals surface area contributed by atoms with E-state index in [1.54, 1.807) is 0 Å². The first-order chi connectivity index (χ1) is 31.0. The third-order valence-electron chi connectivity index (χ3n) is 10.9. The van der Waals surface area contributed by atoms with E-state index in [4.69, 9.17) is 14.2 Å². The number of carbonyl (C=O) groups is 3. The van der Waals surface area contributed by atoms with Gasteiger partial charge < -0.3 is 14.2 Å². The first kappa shape index (κ1) is 59.6. The fourth-order valence-corrected chi connectivity index (χ4v) is 6.94. The monoisotopic (exact) mass is 877 g/mol. The molecule has 0 amide bonds. The average Bonchev–Trinajstić information content (AvgIpc) is 3.28. The van der Waals surface area contributed by atoms with E-state index in [2.05, 4.69) is 93.7 Å². The molecule has 0 aromatic rings. The van der Waals surface area contributed by atoms with Gasteiger partial charge in [0.05, 0.1) is 0 Å². The van der Waals surface area contributed by atoms with Crippen molar-refractivity contribution in [2.45, 2.75) is 245 Å². The molecule has 6 nitrogen and oxygen atoms in total. The number of carbonyl (C=O) groups excluding carboxylic acids is 3. The van der Waals surface area contributed by atoms with Gasteiger partial charge in [-0.25, -0.2) is 0 Å². The molecular weight excluding hydrogens is 781 g/mol. The van der Waals surface area contributed by atoms with Gasteiger partial charge in [0.25, 0.3) is 0 Å². The van der Waals surface area contributed by atoms with Crippen LogP contribution in [0.5, 0.6) is 0 Å². The number of ether oxygens (including phenoxy) is 3. The first-order valence-electron chi connectivity index (χ1n) is 26.1. The lowest BCUT2D eigenvalue weighted by Gasteiger charge is -2.18. The van der Waals surface area contributed by atoms with Gasteiger partial charge in [-0.3, -0.25) is 14.4 Å². The summed E-state index contributed by atoms with van der Waals surface area (Å²) in [4.78, 5) is 37.9. The Morgan fingerprint density at radius 2 is 0.667 bits per heavy atom. The topological polar surface area (TPSA) is 78.9 Å². The summed E-state index contributed by atoms with van der Waals surface area (Å²) < 4.78 is 16.7. The van der Waals surface area contributed by atoms with Gasteiger partial charge in [0.1, 0.15) is 13.2 Å². The molecule has 0 aromatic carbocycles. The van der Waals surface area contributed by atoms with E-state index >= 15 is 0 Å². The highest BCUT2D eigenvalue weighted by molar-refractivity contribution is 5.71. The molecule has 0 rings (SSSR count). The number of unbranched alkanes of at least 4 members (excludes halogenated alkanes) is 21. The van der Waals surface area contributed by atoms with Crippen molar-refractivity contribution >= 4 is 17.9 Å². The molecule has 0 saturated heterocycles. The predicted molar refractivity (Wildman–Crippen MR) is 270 cm³/mol. The number of esters is 3. The molecular formula is C57H96O6. The highest BCUT2D eigenvalue weighted by Crippen LogP contribution is 2.14. The van der Waals surface area contributed by atoms with Crippen LogP contribution < -0.4 is 0 Å². The van der Waals surface area contributed by atoms with Crippen molar-refractivity contribution in [3.05, 3.63) is 85.1 Å². The van der Waals surface area contributed by atoms with Crippen molar-refractivity contribution in [3.63, 3.8) is 0 Å². The SMILES string of the molecule is CC/C=C\C/C=C\C/C=C\C/C=C\CCC(=O)OCC(COC(=O)CCCCCCCCC/C=C\CCCCCCCCC)OC(=O)CCCCCCC/C=C\C/C=C\CCCC. The molecule has 1 unspecified atom stereocenters. The van der Waals surface area contributed by atoms with Gasteiger partial charge in [0.2, 0.25) is 0 Å². The maximum atomic E-state index is 12.8. The van der Waals surface area contributed by atoms with Crippen molar-refractivity contribution < 1.29 is 28.6 Å². The highest BCUT2D eigenvalue weighted by Gasteiger charge is 2.19. The van der Waals surface area contributed by atoms with E-state index in [9.17, 15) is 14.4 Å². The van der Waals surface area contributed by atoms with Crippen LogP contribution >= 0.6 is 0 Å². The van der Waals surface area contributed by atoms with Crippen LogP contribution in [0.4, 0.5) is 0 Å². The third kappa shape index (κ3) is 49.5. The predicted octanol–water partition coefficient (Wildman–Crippen LogP) is 17.2. The van der Waals surface area contributed by atoms with Gasteiger partial charge >= 0.3 is 17.9 Å². The highest BCUT2D eigenvalue weighted by atomic mass is 16.6. The van der Waals surface area contributed by atoms with Gasteiger partial charge in [-0.1, -0.05) is 209 Å². The van der Waals surface area contributed by atoms with Crippen molar-refractivity contribution in [2.75, 3.05) is 13.2 Å². The van der Waals surface area contributed by atoms with Crippen LogP contribution in [0.15, 0.2) is 85.1 Å². The Morgan fingerprint density at radius 1 is 0.333 bits per heavy atom. The number of rotatable bonds is 46. The summed E-state index contributed by atoms with van der Waals surface area (Å²) in [6, 6.07) is 0. The second-order valence-electron chi connectivity index (χ2n) is 17.0. The second kappa shape index (κ2) is 51.2. The molecule has 360 valence electrons. The molecule has 0 fully saturated rings. The summed E-state index contributed by atoms with van der Waals surface area (Å²) in [5.41, 5.74) is 0. The van der Waals surface area contributed by atoms with Crippen molar-refractivity contribution in [1.29, 1.82) is 0 Å². The Kier molecular flexibility index (Phi) is 48.5. The Labute approximate surface area is 388 Å². The minimum absolute atomic E-state index is 0.107. The Balaban J connectivity index is 4.46. The lowest BCUT2D eigenvalue weighted by Crippen LogP contribution is -2.30. The van der Waals surface area contributed by atoms with Gasteiger partial charge in [-0.15, -0.1) is 0 Å². The van der Waals surface area contributed by atoms with E-state index in [0.717, 1.165) is 89.9 Å². The zero-order chi connectivity index (χ0) is 45.8. The van der Waals surface area contributed by atoms with Crippen LogP contribution in [0, 0.1) is 0 Å². The molecule has 0 heterocycles. The Hall–Kier alpha value is -3.41.